The quantitative estimate of drug-likeness (QED) is 0.909. The zero-order valence-electron chi connectivity index (χ0n) is 11.3. The molecular formula is C13H15N5O2. The van der Waals surface area contributed by atoms with Crippen molar-refractivity contribution < 1.29 is 9.53 Å². The summed E-state index contributed by atoms with van der Waals surface area (Å²) in [6.45, 7) is 0. The summed E-state index contributed by atoms with van der Waals surface area (Å²) in [7, 11) is 3.36. The van der Waals surface area contributed by atoms with Crippen LogP contribution in [-0.4, -0.2) is 32.8 Å². The molecule has 0 aliphatic heterocycles. The second kappa shape index (κ2) is 4.92. The van der Waals surface area contributed by atoms with Gasteiger partial charge in [-0.3, -0.25) is 9.48 Å². The maximum Gasteiger partial charge on any atom is 0.260 e. The molecule has 0 spiro atoms. The number of amides is 1. The summed E-state index contributed by atoms with van der Waals surface area (Å²) in [5, 5.41) is 6.92. The second-order valence-electron chi connectivity index (χ2n) is 4.74. The van der Waals surface area contributed by atoms with E-state index in [9.17, 15) is 4.79 Å². The minimum atomic E-state index is -0.225. The number of aryl methyl sites for hydroxylation is 1. The monoisotopic (exact) mass is 273 g/mol. The molecule has 1 aliphatic carbocycles. The molecule has 0 aromatic carbocycles. The zero-order valence-corrected chi connectivity index (χ0v) is 11.3. The van der Waals surface area contributed by atoms with Gasteiger partial charge in [-0.15, -0.1) is 0 Å². The molecule has 0 saturated heterocycles. The average Bonchev–Trinajstić information content (AvgIpc) is 3.22. The third-order valence-electron chi connectivity index (χ3n) is 3.32. The van der Waals surface area contributed by atoms with Gasteiger partial charge in [0.25, 0.3) is 5.91 Å². The van der Waals surface area contributed by atoms with Crippen LogP contribution in [-0.2, 0) is 7.05 Å². The standard InChI is InChI=1S/C13H15N5O2/c1-18-11(8-3-4-8)9(5-16-18)13(19)17-12-10(20-2)6-14-7-15-12/h5-8H,3-4H2,1-2H3,(H,14,15,17,19). The first-order valence-corrected chi connectivity index (χ1v) is 6.38. The summed E-state index contributed by atoms with van der Waals surface area (Å²) >= 11 is 0. The van der Waals surface area contributed by atoms with Crippen molar-refractivity contribution in [2.45, 2.75) is 18.8 Å². The van der Waals surface area contributed by atoms with Crippen LogP contribution in [0.2, 0.25) is 0 Å². The number of carbonyl (C=O) groups is 1. The molecule has 20 heavy (non-hydrogen) atoms. The van der Waals surface area contributed by atoms with Crippen LogP contribution in [0.5, 0.6) is 5.75 Å². The van der Waals surface area contributed by atoms with Crippen molar-refractivity contribution in [2.75, 3.05) is 12.4 Å². The summed E-state index contributed by atoms with van der Waals surface area (Å²) in [6.07, 6.45) is 6.68. The van der Waals surface area contributed by atoms with Crippen LogP contribution >= 0.6 is 0 Å². The van der Waals surface area contributed by atoms with Crippen LogP contribution in [0, 0.1) is 0 Å². The summed E-state index contributed by atoms with van der Waals surface area (Å²) in [4.78, 5) is 20.2. The molecule has 3 rings (SSSR count). The Kier molecular flexibility index (Phi) is 3.09. The van der Waals surface area contributed by atoms with Gasteiger partial charge in [0.2, 0.25) is 0 Å². The van der Waals surface area contributed by atoms with E-state index >= 15 is 0 Å². The van der Waals surface area contributed by atoms with E-state index in [1.165, 1.54) is 19.6 Å². The van der Waals surface area contributed by atoms with E-state index in [1.807, 2.05) is 7.05 Å². The first kappa shape index (κ1) is 12.6. The topological polar surface area (TPSA) is 81.9 Å². The molecule has 2 heterocycles. The number of rotatable bonds is 4. The average molecular weight is 273 g/mol. The first-order valence-electron chi connectivity index (χ1n) is 6.38. The maximum absolute atomic E-state index is 12.4. The number of carbonyl (C=O) groups excluding carboxylic acids is 1. The summed E-state index contributed by atoms with van der Waals surface area (Å²) in [6, 6.07) is 0. The van der Waals surface area contributed by atoms with Crippen LogP contribution in [0.15, 0.2) is 18.7 Å². The molecule has 0 unspecified atom stereocenters. The van der Waals surface area contributed by atoms with Crippen molar-refractivity contribution in [3.05, 3.63) is 30.0 Å². The van der Waals surface area contributed by atoms with Gasteiger partial charge in [-0.1, -0.05) is 0 Å². The number of anilines is 1. The largest absolute Gasteiger partial charge is 0.491 e. The summed E-state index contributed by atoms with van der Waals surface area (Å²) < 4.78 is 6.88. The molecule has 7 nitrogen and oxygen atoms in total. The van der Waals surface area contributed by atoms with E-state index in [4.69, 9.17) is 4.74 Å². The Morgan fingerprint density at radius 2 is 2.25 bits per heavy atom. The number of nitrogens with zero attached hydrogens (tertiary/aromatic N) is 4. The van der Waals surface area contributed by atoms with Crippen LogP contribution in [0.4, 0.5) is 5.82 Å². The fourth-order valence-electron chi connectivity index (χ4n) is 2.20. The predicted octanol–water partition coefficient (Wildman–Crippen LogP) is 1.35. The minimum Gasteiger partial charge on any atom is -0.491 e. The van der Waals surface area contributed by atoms with E-state index < -0.39 is 0 Å². The van der Waals surface area contributed by atoms with Crippen molar-refractivity contribution in [3.8, 4) is 5.75 Å². The highest BCUT2D eigenvalue weighted by molar-refractivity contribution is 6.05. The van der Waals surface area contributed by atoms with Gasteiger partial charge in [-0.2, -0.15) is 5.10 Å². The Bertz CT molecular complexity index is 648. The van der Waals surface area contributed by atoms with E-state index in [0.717, 1.165) is 18.5 Å². The van der Waals surface area contributed by atoms with Crippen molar-refractivity contribution in [1.29, 1.82) is 0 Å². The number of nitrogens with one attached hydrogen (secondary N) is 1. The molecule has 1 N–H and O–H groups in total. The number of hydrogen-bond acceptors (Lipinski definition) is 5. The van der Waals surface area contributed by atoms with Crippen LogP contribution in [0.3, 0.4) is 0 Å². The number of aromatic nitrogens is 4. The van der Waals surface area contributed by atoms with E-state index in [2.05, 4.69) is 20.4 Å². The van der Waals surface area contributed by atoms with Gasteiger partial charge in [0.05, 0.1) is 30.8 Å². The third kappa shape index (κ3) is 2.22. The Balaban J connectivity index is 1.86. The molecule has 2 aromatic heterocycles. The molecule has 0 atom stereocenters. The van der Waals surface area contributed by atoms with Gasteiger partial charge in [0.1, 0.15) is 6.33 Å². The highest BCUT2D eigenvalue weighted by Crippen LogP contribution is 2.41. The molecule has 1 amide bonds. The van der Waals surface area contributed by atoms with Crippen LogP contribution in [0.25, 0.3) is 0 Å². The third-order valence-corrected chi connectivity index (χ3v) is 3.32. The van der Waals surface area contributed by atoms with Gasteiger partial charge in [-0.25, -0.2) is 9.97 Å². The van der Waals surface area contributed by atoms with Crippen molar-refractivity contribution in [2.24, 2.45) is 7.05 Å². The molecule has 2 aromatic rings. The van der Waals surface area contributed by atoms with E-state index in [0.29, 0.717) is 23.0 Å². The fourth-order valence-corrected chi connectivity index (χ4v) is 2.20. The van der Waals surface area contributed by atoms with E-state index in [1.54, 1.807) is 10.9 Å². The molecule has 0 bridgehead atoms. The Hall–Kier alpha value is -2.44. The smallest absolute Gasteiger partial charge is 0.260 e. The summed E-state index contributed by atoms with van der Waals surface area (Å²) in [5.41, 5.74) is 1.58. The summed E-state index contributed by atoms with van der Waals surface area (Å²) in [5.74, 6) is 1.00. The molecule has 104 valence electrons. The molecule has 1 fully saturated rings. The lowest BCUT2D eigenvalue weighted by molar-refractivity contribution is 0.102. The van der Waals surface area contributed by atoms with Crippen molar-refractivity contribution in [1.82, 2.24) is 19.7 Å². The van der Waals surface area contributed by atoms with Gasteiger partial charge in [-0.05, 0) is 12.8 Å². The molecule has 7 heteroatoms. The maximum atomic E-state index is 12.4. The Morgan fingerprint density at radius 1 is 1.45 bits per heavy atom. The number of ether oxygens (including phenoxy) is 1. The molecule has 0 radical (unpaired) electrons. The normalized spacial score (nSPS) is 14.1. The lowest BCUT2D eigenvalue weighted by Crippen LogP contribution is -2.15. The number of methoxy groups -OCH3 is 1. The SMILES string of the molecule is COc1cncnc1NC(=O)c1cnn(C)c1C1CC1. The lowest BCUT2D eigenvalue weighted by Gasteiger charge is -2.08. The molecule has 1 aliphatic rings. The van der Waals surface area contributed by atoms with Crippen molar-refractivity contribution >= 4 is 11.7 Å². The fraction of sp³-hybridized carbons (Fsp3) is 0.385. The Morgan fingerprint density at radius 3 is 2.95 bits per heavy atom. The van der Waals surface area contributed by atoms with E-state index in [-0.39, 0.29) is 5.91 Å². The predicted molar refractivity (Wildman–Crippen MR) is 71.7 cm³/mol. The second-order valence-corrected chi connectivity index (χ2v) is 4.74. The highest BCUT2D eigenvalue weighted by atomic mass is 16.5. The molecule has 1 saturated carbocycles. The van der Waals surface area contributed by atoms with Crippen molar-refractivity contribution in [3.63, 3.8) is 0 Å². The number of hydrogen-bond donors (Lipinski definition) is 1. The van der Waals surface area contributed by atoms with Gasteiger partial charge in [0, 0.05) is 13.0 Å². The molecular weight excluding hydrogens is 258 g/mol. The van der Waals surface area contributed by atoms with Gasteiger partial charge in [0.15, 0.2) is 11.6 Å². The minimum absolute atomic E-state index is 0.225. The van der Waals surface area contributed by atoms with Gasteiger partial charge < -0.3 is 10.1 Å². The lowest BCUT2D eigenvalue weighted by atomic mass is 10.1. The van der Waals surface area contributed by atoms with Gasteiger partial charge >= 0.3 is 0 Å². The highest BCUT2D eigenvalue weighted by Gasteiger charge is 2.31. The van der Waals surface area contributed by atoms with Crippen LogP contribution in [0.1, 0.15) is 34.8 Å². The zero-order chi connectivity index (χ0) is 14.1. The first-order chi connectivity index (χ1) is 9.70. The Labute approximate surface area is 116 Å². The van der Waals surface area contributed by atoms with Crippen LogP contribution < -0.4 is 10.1 Å².